The van der Waals surface area contributed by atoms with Crippen LogP contribution in [0.25, 0.3) is 0 Å². The smallest absolute Gasteiger partial charge is 0.0624 e. The summed E-state index contributed by atoms with van der Waals surface area (Å²) in [6, 6.07) is 1.33. The van der Waals surface area contributed by atoms with Crippen molar-refractivity contribution in [2.75, 3.05) is 32.8 Å². The number of ether oxygens (including phenoxy) is 1. The van der Waals surface area contributed by atoms with E-state index in [0.717, 1.165) is 25.8 Å². The minimum atomic E-state index is 0.595. The fourth-order valence-electron chi connectivity index (χ4n) is 2.74. The van der Waals surface area contributed by atoms with E-state index in [1.54, 1.807) is 0 Å². The zero-order valence-corrected chi connectivity index (χ0v) is 12.7. The Kier molecular flexibility index (Phi) is 7.87. The molecule has 1 fully saturated rings. The molecule has 0 bridgehead atoms. The van der Waals surface area contributed by atoms with E-state index in [1.165, 1.54) is 32.4 Å². The summed E-state index contributed by atoms with van der Waals surface area (Å²) in [6.07, 6.45) is 3.81. The summed E-state index contributed by atoms with van der Waals surface area (Å²) in [7, 11) is 0. The third-order valence-electron chi connectivity index (χ3n) is 3.94. The van der Waals surface area contributed by atoms with E-state index in [0.29, 0.717) is 12.0 Å². The van der Waals surface area contributed by atoms with Crippen molar-refractivity contribution in [2.45, 2.75) is 59.0 Å². The Hall–Kier alpha value is -0.120. The van der Waals surface area contributed by atoms with Crippen LogP contribution in [0.15, 0.2) is 0 Å². The third kappa shape index (κ3) is 5.25. The Morgan fingerprint density at radius 3 is 2.39 bits per heavy atom. The summed E-state index contributed by atoms with van der Waals surface area (Å²) in [5, 5.41) is 3.65. The minimum absolute atomic E-state index is 0.595. The monoisotopic (exact) mass is 256 g/mol. The average Bonchev–Trinajstić information content (AvgIpc) is 2.38. The lowest BCUT2D eigenvalue weighted by Crippen LogP contribution is -2.50. The molecule has 1 N–H and O–H groups in total. The average molecular weight is 256 g/mol. The summed E-state index contributed by atoms with van der Waals surface area (Å²) in [4.78, 5) is 2.63. The van der Waals surface area contributed by atoms with Gasteiger partial charge in [0.05, 0.1) is 6.61 Å². The molecule has 18 heavy (non-hydrogen) atoms. The SMILES string of the molecule is CCCNC1CCN(C(COCC)C(C)C)CC1. The normalized spacial score (nSPS) is 20.5. The van der Waals surface area contributed by atoms with Gasteiger partial charge in [-0.25, -0.2) is 0 Å². The van der Waals surface area contributed by atoms with E-state index in [1.807, 2.05) is 0 Å². The van der Waals surface area contributed by atoms with E-state index < -0.39 is 0 Å². The Morgan fingerprint density at radius 1 is 1.22 bits per heavy atom. The van der Waals surface area contributed by atoms with Crippen LogP contribution >= 0.6 is 0 Å². The Bertz CT molecular complexity index is 201. The molecule has 0 spiro atoms. The number of hydrogen-bond donors (Lipinski definition) is 1. The topological polar surface area (TPSA) is 24.5 Å². The number of piperidine rings is 1. The van der Waals surface area contributed by atoms with Gasteiger partial charge in [-0.05, 0) is 38.6 Å². The number of nitrogens with one attached hydrogen (secondary N) is 1. The maximum Gasteiger partial charge on any atom is 0.0624 e. The summed E-state index contributed by atoms with van der Waals surface area (Å²) in [5.41, 5.74) is 0. The molecule has 1 aliphatic rings. The van der Waals surface area contributed by atoms with Crippen molar-refractivity contribution in [1.82, 2.24) is 10.2 Å². The molecule has 3 heteroatoms. The van der Waals surface area contributed by atoms with Gasteiger partial charge in [0, 0.05) is 31.8 Å². The molecule has 1 atom stereocenters. The number of likely N-dealkylation sites (tertiary alicyclic amines) is 1. The summed E-state index contributed by atoms with van der Waals surface area (Å²) in [5.74, 6) is 0.678. The molecule has 0 aromatic rings. The zero-order valence-electron chi connectivity index (χ0n) is 12.7. The van der Waals surface area contributed by atoms with Gasteiger partial charge >= 0.3 is 0 Å². The Labute approximate surface area is 113 Å². The van der Waals surface area contributed by atoms with E-state index in [4.69, 9.17) is 4.74 Å². The van der Waals surface area contributed by atoms with E-state index >= 15 is 0 Å². The van der Waals surface area contributed by atoms with Crippen LogP contribution in [0, 0.1) is 5.92 Å². The second kappa shape index (κ2) is 8.89. The summed E-state index contributed by atoms with van der Waals surface area (Å²) < 4.78 is 5.64. The lowest BCUT2D eigenvalue weighted by molar-refractivity contribution is 0.0301. The molecular formula is C15H32N2O. The maximum atomic E-state index is 5.64. The van der Waals surface area contributed by atoms with Gasteiger partial charge in [0.25, 0.3) is 0 Å². The lowest BCUT2D eigenvalue weighted by atomic mass is 9.98. The first-order valence-corrected chi connectivity index (χ1v) is 7.74. The van der Waals surface area contributed by atoms with Crippen molar-refractivity contribution in [1.29, 1.82) is 0 Å². The fraction of sp³-hybridized carbons (Fsp3) is 1.00. The standard InChI is InChI=1S/C15H32N2O/c1-5-9-16-14-7-10-17(11-8-14)15(13(3)4)12-18-6-2/h13-16H,5-12H2,1-4H3. The summed E-state index contributed by atoms with van der Waals surface area (Å²) in [6.45, 7) is 14.3. The maximum absolute atomic E-state index is 5.64. The van der Waals surface area contributed by atoms with Gasteiger partial charge in [0.1, 0.15) is 0 Å². The Balaban J connectivity index is 2.34. The van der Waals surface area contributed by atoms with Gasteiger partial charge in [0.2, 0.25) is 0 Å². The second-order valence-corrected chi connectivity index (χ2v) is 5.74. The molecule has 0 radical (unpaired) electrons. The molecule has 0 saturated carbocycles. The van der Waals surface area contributed by atoms with Crippen molar-refractivity contribution in [3.8, 4) is 0 Å². The van der Waals surface area contributed by atoms with Crippen molar-refractivity contribution in [3.63, 3.8) is 0 Å². The van der Waals surface area contributed by atoms with Gasteiger partial charge in [-0.1, -0.05) is 20.8 Å². The van der Waals surface area contributed by atoms with Gasteiger partial charge < -0.3 is 10.1 Å². The molecule has 1 rings (SSSR count). The minimum Gasteiger partial charge on any atom is -0.380 e. The highest BCUT2D eigenvalue weighted by atomic mass is 16.5. The molecule has 0 aliphatic carbocycles. The van der Waals surface area contributed by atoms with Crippen LogP contribution in [-0.2, 0) is 4.74 Å². The molecule has 3 nitrogen and oxygen atoms in total. The molecule has 0 aromatic heterocycles. The molecular weight excluding hydrogens is 224 g/mol. The van der Waals surface area contributed by atoms with Gasteiger partial charge in [0.15, 0.2) is 0 Å². The highest BCUT2D eigenvalue weighted by molar-refractivity contribution is 4.83. The van der Waals surface area contributed by atoms with Gasteiger partial charge in [-0.3, -0.25) is 4.90 Å². The van der Waals surface area contributed by atoms with Crippen LogP contribution in [-0.4, -0.2) is 49.8 Å². The van der Waals surface area contributed by atoms with Crippen LogP contribution < -0.4 is 5.32 Å². The third-order valence-corrected chi connectivity index (χ3v) is 3.94. The van der Waals surface area contributed by atoms with Crippen molar-refractivity contribution >= 4 is 0 Å². The number of hydrogen-bond acceptors (Lipinski definition) is 3. The van der Waals surface area contributed by atoms with Gasteiger partial charge in [-0.15, -0.1) is 0 Å². The van der Waals surface area contributed by atoms with Crippen LogP contribution in [0.2, 0.25) is 0 Å². The first-order valence-electron chi connectivity index (χ1n) is 7.74. The first-order chi connectivity index (χ1) is 8.69. The van der Waals surface area contributed by atoms with E-state index in [2.05, 4.69) is 37.9 Å². The molecule has 1 saturated heterocycles. The zero-order chi connectivity index (χ0) is 13.4. The lowest BCUT2D eigenvalue weighted by Gasteiger charge is -2.39. The molecule has 1 aliphatic heterocycles. The molecule has 108 valence electrons. The predicted octanol–water partition coefficient (Wildman–Crippen LogP) is 2.51. The van der Waals surface area contributed by atoms with Crippen LogP contribution in [0.3, 0.4) is 0 Å². The van der Waals surface area contributed by atoms with E-state index in [-0.39, 0.29) is 0 Å². The number of nitrogens with zero attached hydrogens (tertiary/aromatic N) is 1. The predicted molar refractivity (Wildman–Crippen MR) is 78.0 cm³/mol. The van der Waals surface area contributed by atoms with Crippen LogP contribution in [0.4, 0.5) is 0 Å². The van der Waals surface area contributed by atoms with E-state index in [9.17, 15) is 0 Å². The molecule has 1 unspecified atom stereocenters. The quantitative estimate of drug-likeness (QED) is 0.722. The van der Waals surface area contributed by atoms with Crippen LogP contribution in [0.5, 0.6) is 0 Å². The molecule has 0 amide bonds. The Morgan fingerprint density at radius 2 is 1.89 bits per heavy atom. The van der Waals surface area contributed by atoms with Crippen molar-refractivity contribution in [2.24, 2.45) is 5.92 Å². The van der Waals surface area contributed by atoms with Gasteiger partial charge in [-0.2, -0.15) is 0 Å². The first kappa shape index (κ1) is 15.9. The highest BCUT2D eigenvalue weighted by Crippen LogP contribution is 2.18. The van der Waals surface area contributed by atoms with Crippen molar-refractivity contribution in [3.05, 3.63) is 0 Å². The highest BCUT2D eigenvalue weighted by Gasteiger charge is 2.26. The van der Waals surface area contributed by atoms with Crippen molar-refractivity contribution < 1.29 is 4.74 Å². The molecule has 1 heterocycles. The van der Waals surface area contributed by atoms with Crippen LogP contribution in [0.1, 0.15) is 47.0 Å². The largest absolute Gasteiger partial charge is 0.380 e. The fourth-order valence-corrected chi connectivity index (χ4v) is 2.74. The number of rotatable bonds is 8. The summed E-state index contributed by atoms with van der Waals surface area (Å²) >= 11 is 0. The molecule has 0 aromatic carbocycles. The second-order valence-electron chi connectivity index (χ2n) is 5.74.